The zero-order chi connectivity index (χ0) is 18.3. The van der Waals surface area contributed by atoms with Crippen molar-refractivity contribution in [1.82, 2.24) is 0 Å². The number of hydrogen-bond acceptors (Lipinski definition) is 4. The number of aliphatic hydroxyl groups excluding tert-OH is 2. The Balaban J connectivity index is 2.01. The fraction of sp³-hybridized carbons (Fsp3) is 0.714. The SMILES string of the molecule is COc1cc(CCC(O)CCCCCCCCCCCO)ccc1O. The lowest BCUT2D eigenvalue weighted by Gasteiger charge is -2.11. The van der Waals surface area contributed by atoms with Crippen LogP contribution in [0.2, 0.25) is 0 Å². The third-order valence-electron chi connectivity index (χ3n) is 4.71. The number of methoxy groups -OCH3 is 1. The summed E-state index contributed by atoms with van der Waals surface area (Å²) >= 11 is 0. The molecule has 4 heteroatoms. The maximum absolute atomic E-state index is 10.1. The molecule has 0 fully saturated rings. The van der Waals surface area contributed by atoms with Crippen LogP contribution in [0.1, 0.15) is 76.2 Å². The van der Waals surface area contributed by atoms with Crippen LogP contribution in [-0.4, -0.2) is 35.1 Å². The van der Waals surface area contributed by atoms with Crippen molar-refractivity contribution in [2.45, 2.75) is 83.2 Å². The molecule has 25 heavy (non-hydrogen) atoms. The first-order valence-corrected chi connectivity index (χ1v) is 9.82. The maximum Gasteiger partial charge on any atom is 0.160 e. The minimum Gasteiger partial charge on any atom is -0.504 e. The van der Waals surface area contributed by atoms with Crippen molar-refractivity contribution >= 4 is 0 Å². The number of phenolic OH excluding ortho intramolecular Hbond substituents is 1. The molecule has 0 aromatic heterocycles. The van der Waals surface area contributed by atoms with Crippen LogP contribution in [0.3, 0.4) is 0 Å². The topological polar surface area (TPSA) is 69.9 Å². The van der Waals surface area contributed by atoms with Crippen LogP contribution in [0, 0.1) is 0 Å². The summed E-state index contributed by atoms with van der Waals surface area (Å²) in [5.74, 6) is 0.642. The highest BCUT2D eigenvalue weighted by molar-refractivity contribution is 5.41. The van der Waals surface area contributed by atoms with Crippen LogP contribution in [0.15, 0.2) is 18.2 Å². The van der Waals surface area contributed by atoms with E-state index in [1.807, 2.05) is 12.1 Å². The van der Waals surface area contributed by atoms with Gasteiger partial charge in [-0.25, -0.2) is 0 Å². The second-order valence-electron chi connectivity index (χ2n) is 6.89. The molecule has 3 N–H and O–H groups in total. The highest BCUT2D eigenvalue weighted by Crippen LogP contribution is 2.27. The smallest absolute Gasteiger partial charge is 0.160 e. The van der Waals surface area contributed by atoms with E-state index in [2.05, 4.69) is 0 Å². The summed E-state index contributed by atoms with van der Waals surface area (Å²) in [4.78, 5) is 0. The molecule has 0 bridgehead atoms. The Bertz CT molecular complexity index is 448. The molecule has 0 aliphatic carbocycles. The van der Waals surface area contributed by atoms with Gasteiger partial charge >= 0.3 is 0 Å². The fourth-order valence-electron chi connectivity index (χ4n) is 3.08. The van der Waals surface area contributed by atoms with Crippen LogP contribution < -0.4 is 4.74 Å². The number of ether oxygens (including phenoxy) is 1. The molecule has 0 aliphatic rings. The molecule has 144 valence electrons. The zero-order valence-corrected chi connectivity index (χ0v) is 15.8. The number of phenols is 1. The molecule has 0 heterocycles. The van der Waals surface area contributed by atoms with E-state index < -0.39 is 0 Å². The molecule has 1 atom stereocenters. The molecule has 0 saturated carbocycles. The van der Waals surface area contributed by atoms with Gasteiger partial charge < -0.3 is 20.1 Å². The summed E-state index contributed by atoms with van der Waals surface area (Å²) in [6, 6.07) is 5.36. The number of unbranched alkanes of at least 4 members (excludes halogenated alkanes) is 8. The first-order chi connectivity index (χ1) is 12.2. The Hall–Kier alpha value is -1.26. The maximum atomic E-state index is 10.1. The van der Waals surface area contributed by atoms with Crippen LogP contribution in [0.4, 0.5) is 0 Å². The van der Waals surface area contributed by atoms with Gasteiger partial charge in [0.15, 0.2) is 11.5 Å². The van der Waals surface area contributed by atoms with Gasteiger partial charge in [-0.05, 0) is 43.4 Å². The Morgan fingerprint density at radius 1 is 0.880 bits per heavy atom. The highest BCUT2D eigenvalue weighted by Gasteiger charge is 2.07. The van der Waals surface area contributed by atoms with Crippen molar-refractivity contribution in [1.29, 1.82) is 0 Å². The monoisotopic (exact) mass is 352 g/mol. The van der Waals surface area contributed by atoms with E-state index in [1.165, 1.54) is 38.5 Å². The number of hydrogen-bond donors (Lipinski definition) is 3. The molecular weight excluding hydrogens is 316 g/mol. The summed E-state index contributed by atoms with van der Waals surface area (Å²) in [5.41, 5.74) is 1.08. The van der Waals surface area contributed by atoms with E-state index in [1.54, 1.807) is 13.2 Å². The van der Waals surface area contributed by atoms with Gasteiger partial charge in [-0.3, -0.25) is 0 Å². The van der Waals surface area contributed by atoms with E-state index in [0.717, 1.165) is 44.1 Å². The first kappa shape index (κ1) is 21.8. The summed E-state index contributed by atoms with van der Waals surface area (Å²) in [5, 5.41) is 28.4. The largest absolute Gasteiger partial charge is 0.504 e. The molecular formula is C21H36O4. The van der Waals surface area contributed by atoms with Gasteiger partial charge in [-0.2, -0.15) is 0 Å². The first-order valence-electron chi connectivity index (χ1n) is 9.82. The molecule has 0 radical (unpaired) electrons. The molecule has 1 aromatic rings. The second-order valence-corrected chi connectivity index (χ2v) is 6.89. The minimum atomic E-state index is -0.252. The third-order valence-corrected chi connectivity index (χ3v) is 4.71. The molecule has 0 spiro atoms. The van der Waals surface area contributed by atoms with Crippen molar-refractivity contribution in [3.8, 4) is 11.5 Å². The molecule has 0 amide bonds. The molecule has 0 aliphatic heterocycles. The predicted octanol–water partition coefficient (Wildman–Crippen LogP) is 4.59. The van der Waals surface area contributed by atoms with Gasteiger partial charge in [-0.1, -0.05) is 57.4 Å². The van der Waals surface area contributed by atoms with Crippen LogP contribution in [-0.2, 0) is 6.42 Å². The van der Waals surface area contributed by atoms with Crippen LogP contribution in [0.25, 0.3) is 0 Å². The Labute approximate surface area is 152 Å². The van der Waals surface area contributed by atoms with E-state index in [4.69, 9.17) is 9.84 Å². The lowest BCUT2D eigenvalue weighted by molar-refractivity contribution is 0.151. The van der Waals surface area contributed by atoms with Crippen molar-refractivity contribution in [3.05, 3.63) is 23.8 Å². The van der Waals surface area contributed by atoms with Gasteiger partial charge in [-0.15, -0.1) is 0 Å². The average Bonchev–Trinajstić information content (AvgIpc) is 2.62. The average molecular weight is 353 g/mol. The summed E-state index contributed by atoms with van der Waals surface area (Å²) in [6.45, 7) is 0.322. The molecule has 4 nitrogen and oxygen atoms in total. The van der Waals surface area contributed by atoms with Gasteiger partial charge in [0.2, 0.25) is 0 Å². The Morgan fingerprint density at radius 2 is 1.48 bits per heavy atom. The Kier molecular flexibility index (Phi) is 12.2. The van der Waals surface area contributed by atoms with Crippen molar-refractivity contribution in [3.63, 3.8) is 0 Å². The highest BCUT2D eigenvalue weighted by atomic mass is 16.5. The standard InChI is InChI=1S/C21H36O4/c1-25-21-17-18(13-15-20(21)24)12-14-19(23)11-9-7-5-3-2-4-6-8-10-16-22/h13,15,17,19,22-24H,2-12,14,16H2,1H3. The van der Waals surface area contributed by atoms with Crippen molar-refractivity contribution in [2.24, 2.45) is 0 Å². The van der Waals surface area contributed by atoms with Gasteiger partial charge in [0, 0.05) is 6.61 Å². The number of aryl methyl sites for hydroxylation is 1. The van der Waals surface area contributed by atoms with Gasteiger partial charge in [0.1, 0.15) is 0 Å². The van der Waals surface area contributed by atoms with E-state index in [9.17, 15) is 10.2 Å². The van der Waals surface area contributed by atoms with E-state index in [0.29, 0.717) is 12.4 Å². The number of aromatic hydroxyl groups is 1. The lowest BCUT2D eigenvalue weighted by Crippen LogP contribution is -2.07. The molecule has 1 rings (SSSR count). The predicted molar refractivity (Wildman–Crippen MR) is 102 cm³/mol. The summed E-state index contributed by atoms with van der Waals surface area (Å²) < 4.78 is 5.11. The third kappa shape index (κ3) is 10.4. The Morgan fingerprint density at radius 3 is 2.08 bits per heavy atom. The quantitative estimate of drug-likeness (QED) is 0.404. The summed E-state index contributed by atoms with van der Waals surface area (Å²) in [6.07, 6.45) is 12.9. The second kappa shape index (κ2) is 14.0. The normalized spacial score (nSPS) is 12.3. The van der Waals surface area contributed by atoms with Crippen molar-refractivity contribution in [2.75, 3.05) is 13.7 Å². The van der Waals surface area contributed by atoms with E-state index >= 15 is 0 Å². The summed E-state index contributed by atoms with van der Waals surface area (Å²) in [7, 11) is 1.54. The van der Waals surface area contributed by atoms with Crippen molar-refractivity contribution < 1.29 is 20.1 Å². The minimum absolute atomic E-state index is 0.153. The molecule has 1 unspecified atom stereocenters. The molecule has 1 aromatic carbocycles. The lowest BCUT2D eigenvalue weighted by atomic mass is 10.0. The van der Waals surface area contributed by atoms with E-state index in [-0.39, 0.29) is 11.9 Å². The number of rotatable bonds is 15. The number of benzene rings is 1. The zero-order valence-electron chi connectivity index (χ0n) is 15.8. The fourth-order valence-corrected chi connectivity index (χ4v) is 3.08. The van der Waals surface area contributed by atoms with Gasteiger partial charge in [0.05, 0.1) is 13.2 Å². The van der Waals surface area contributed by atoms with Crippen LogP contribution in [0.5, 0.6) is 11.5 Å². The van der Waals surface area contributed by atoms with Gasteiger partial charge in [0.25, 0.3) is 0 Å². The number of aliphatic hydroxyl groups is 2. The van der Waals surface area contributed by atoms with Crippen LogP contribution >= 0.6 is 0 Å². The molecule has 0 saturated heterocycles.